The Morgan fingerprint density at radius 3 is 2.79 bits per heavy atom. The normalized spacial score (nSPS) is 13.1. The first-order chi connectivity index (χ1) is 13.0. The lowest BCUT2D eigenvalue weighted by Gasteiger charge is -2.12. The summed E-state index contributed by atoms with van der Waals surface area (Å²) in [7, 11) is 1.57. The molecule has 0 saturated carbocycles. The highest BCUT2D eigenvalue weighted by Crippen LogP contribution is 2.35. The van der Waals surface area contributed by atoms with Crippen molar-refractivity contribution in [2.45, 2.75) is 12.7 Å². The summed E-state index contributed by atoms with van der Waals surface area (Å²) in [5, 5.41) is 7.24. The van der Waals surface area contributed by atoms with Gasteiger partial charge in [-0.2, -0.15) is 13.2 Å². The Morgan fingerprint density at radius 2 is 2.07 bits per heavy atom. The van der Waals surface area contributed by atoms with E-state index in [4.69, 9.17) is 14.2 Å². The number of aromatic nitrogens is 1. The number of nitrogens with one attached hydrogen (secondary N) is 2. The number of hydrogen-bond donors (Lipinski definition) is 2. The molecule has 1 aromatic heterocycles. The second-order valence-electron chi connectivity index (χ2n) is 5.34. The summed E-state index contributed by atoms with van der Waals surface area (Å²) in [6.45, 7) is 1.14. The molecule has 0 saturated heterocycles. The number of aliphatic imine (C=N–C) groups is 1. The molecule has 2 N–H and O–H groups in total. The molecule has 7 nitrogen and oxygen atoms in total. The Hall–Kier alpha value is -1.96. The molecule has 0 atom stereocenters. The van der Waals surface area contributed by atoms with E-state index in [1.807, 2.05) is 0 Å². The number of guanidine groups is 1. The van der Waals surface area contributed by atoms with Gasteiger partial charge in [0.1, 0.15) is 17.4 Å². The van der Waals surface area contributed by atoms with Gasteiger partial charge in [-0.05, 0) is 12.1 Å². The Kier molecular flexibility index (Phi) is 7.98. The average molecular weight is 530 g/mol. The second-order valence-corrected chi connectivity index (χ2v) is 6.28. The molecule has 1 aliphatic rings. The molecule has 1 aromatic carbocycles. The number of ether oxygens (including phenoxy) is 3. The van der Waals surface area contributed by atoms with Gasteiger partial charge in [0.25, 0.3) is 0 Å². The van der Waals surface area contributed by atoms with Crippen LogP contribution in [0.5, 0.6) is 17.2 Å². The van der Waals surface area contributed by atoms with Crippen LogP contribution in [0.2, 0.25) is 0 Å². The van der Waals surface area contributed by atoms with Crippen molar-refractivity contribution in [1.29, 1.82) is 0 Å². The molecule has 0 amide bonds. The minimum absolute atomic E-state index is 0. The maximum absolute atomic E-state index is 12.5. The zero-order valence-electron chi connectivity index (χ0n) is 14.7. The van der Waals surface area contributed by atoms with Gasteiger partial charge in [0.05, 0.1) is 13.1 Å². The molecule has 12 heteroatoms. The minimum atomic E-state index is -4.43. The molecular weight excluding hydrogens is 512 g/mol. The summed E-state index contributed by atoms with van der Waals surface area (Å²) in [5.74, 6) is 2.40. The average Bonchev–Trinajstić information content (AvgIpc) is 3.29. The van der Waals surface area contributed by atoms with Crippen LogP contribution in [0.25, 0.3) is 0 Å². The lowest BCUT2D eigenvalue weighted by Crippen LogP contribution is -2.38. The van der Waals surface area contributed by atoms with Crippen molar-refractivity contribution >= 4 is 41.3 Å². The molecule has 0 fully saturated rings. The highest BCUT2D eigenvalue weighted by Gasteiger charge is 2.33. The Bertz CT molecular complexity index is 817. The molecule has 2 aromatic rings. The molecule has 2 heterocycles. The van der Waals surface area contributed by atoms with Crippen LogP contribution in [0.4, 0.5) is 13.2 Å². The summed E-state index contributed by atoms with van der Waals surface area (Å²) in [6.07, 6.45) is -4.43. The van der Waals surface area contributed by atoms with Crippen molar-refractivity contribution in [3.8, 4) is 17.2 Å². The second kappa shape index (κ2) is 10.0. The molecule has 0 spiro atoms. The lowest BCUT2D eigenvalue weighted by molar-refractivity contribution is -0.140. The number of fused-ring (bicyclic) bond motifs is 1. The van der Waals surface area contributed by atoms with Crippen molar-refractivity contribution in [2.75, 3.05) is 27.0 Å². The predicted octanol–water partition coefficient (Wildman–Crippen LogP) is 3.25. The first kappa shape index (κ1) is 22.3. The summed E-state index contributed by atoms with van der Waals surface area (Å²) in [6, 6.07) is 5.30. The topological polar surface area (TPSA) is 77.0 Å². The fourth-order valence-electron chi connectivity index (χ4n) is 2.21. The standard InChI is InChI=1S/C16H17F3N4O3S.HI/c1-20-15(22-7-14-23-13(8-27-14)16(17,18)19)21-4-5-24-10-2-3-11-12(6-10)26-9-25-11;/h2-3,6,8H,4-5,7,9H2,1H3,(H2,20,21,22);1H. The Labute approximate surface area is 180 Å². The summed E-state index contributed by atoms with van der Waals surface area (Å²) < 4.78 is 53.7. The number of alkyl halides is 3. The van der Waals surface area contributed by atoms with Crippen molar-refractivity contribution in [1.82, 2.24) is 15.6 Å². The van der Waals surface area contributed by atoms with Gasteiger partial charge in [-0.15, -0.1) is 35.3 Å². The maximum atomic E-state index is 12.5. The molecule has 28 heavy (non-hydrogen) atoms. The summed E-state index contributed by atoms with van der Waals surface area (Å²) >= 11 is 0.941. The van der Waals surface area contributed by atoms with Gasteiger partial charge in [-0.25, -0.2) is 4.98 Å². The van der Waals surface area contributed by atoms with Crippen LogP contribution in [-0.2, 0) is 12.7 Å². The third kappa shape index (κ3) is 6.02. The van der Waals surface area contributed by atoms with Gasteiger partial charge >= 0.3 is 6.18 Å². The van der Waals surface area contributed by atoms with E-state index in [0.29, 0.717) is 41.4 Å². The molecule has 0 aliphatic carbocycles. The quantitative estimate of drug-likeness (QED) is 0.259. The van der Waals surface area contributed by atoms with Gasteiger partial charge in [0, 0.05) is 18.5 Å². The van der Waals surface area contributed by atoms with Crippen molar-refractivity contribution in [3.63, 3.8) is 0 Å². The van der Waals surface area contributed by atoms with Gasteiger partial charge < -0.3 is 24.8 Å². The smallest absolute Gasteiger partial charge is 0.434 e. The van der Waals surface area contributed by atoms with Crippen molar-refractivity contribution in [3.05, 3.63) is 34.3 Å². The van der Waals surface area contributed by atoms with Crippen molar-refractivity contribution in [2.24, 2.45) is 4.99 Å². The first-order valence-electron chi connectivity index (χ1n) is 7.94. The van der Waals surface area contributed by atoms with Crippen LogP contribution in [-0.4, -0.2) is 37.9 Å². The molecule has 0 radical (unpaired) electrons. The highest BCUT2D eigenvalue weighted by molar-refractivity contribution is 14.0. The molecule has 1 aliphatic heterocycles. The number of nitrogens with zero attached hydrogens (tertiary/aromatic N) is 2. The van der Waals surface area contributed by atoms with E-state index in [1.165, 1.54) is 0 Å². The van der Waals surface area contributed by atoms with Gasteiger partial charge in [-0.3, -0.25) is 4.99 Å². The lowest BCUT2D eigenvalue weighted by atomic mass is 10.3. The molecule has 154 valence electrons. The van der Waals surface area contributed by atoms with Gasteiger partial charge in [-0.1, -0.05) is 0 Å². The third-order valence-electron chi connectivity index (χ3n) is 3.48. The number of halogens is 4. The minimum Gasteiger partial charge on any atom is -0.492 e. The van der Waals surface area contributed by atoms with Gasteiger partial charge in [0.2, 0.25) is 6.79 Å². The zero-order valence-corrected chi connectivity index (χ0v) is 17.9. The molecule has 0 unspecified atom stereocenters. The first-order valence-corrected chi connectivity index (χ1v) is 8.82. The van der Waals surface area contributed by atoms with E-state index in [9.17, 15) is 13.2 Å². The van der Waals surface area contributed by atoms with E-state index >= 15 is 0 Å². The number of rotatable bonds is 6. The van der Waals surface area contributed by atoms with Crippen molar-refractivity contribution < 1.29 is 27.4 Å². The van der Waals surface area contributed by atoms with Crippen LogP contribution in [0.3, 0.4) is 0 Å². The van der Waals surface area contributed by atoms with E-state index in [1.54, 1.807) is 25.2 Å². The number of benzene rings is 1. The molecule has 0 bridgehead atoms. The van der Waals surface area contributed by atoms with Crippen LogP contribution < -0.4 is 24.8 Å². The summed E-state index contributed by atoms with van der Waals surface area (Å²) in [4.78, 5) is 7.56. The predicted molar refractivity (Wildman–Crippen MR) is 109 cm³/mol. The van der Waals surface area contributed by atoms with Crippen LogP contribution in [0.1, 0.15) is 10.7 Å². The zero-order chi connectivity index (χ0) is 19.3. The van der Waals surface area contributed by atoms with E-state index < -0.39 is 11.9 Å². The number of hydrogen-bond acceptors (Lipinski definition) is 6. The number of thiazole rings is 1. The van der Waals surface area contributed by atoms with E-state index in [2.05, 4.69) is 20.6 Å². The fourth-order valence-corrected chi connectivity index (χ4v) is 2.95. The third-order valence-corrected chi connectivity index (χ3v) is 4.33. The fraction of sp³-hybridized carbons (Fsp3) is 0.375. The van der Waals surface area contributed by atoms with E-state index in [0.717, 1.165) is 16.7 Å². The van der Waals surface area contributed by atoms with Crippen LogP contribution in [0.15, 0.2) is 28.6 Å². The highest BCUT2D eigenvalue weighted by atomic mass is 127. The monoisotopic (exact) mass is 530 g/mol. The SMILES string of the molecule is CN=C(NCCOc1ccc2c(c1)OCO2)NCc1nc(C(F)(F)F)cs1.I. The molecule has 3 rings (SSSR count). The largest absolute Gasteiger partial charge is 0.492 e. The Morgan fingerprint density at radius 1 is 1.29 bits per heavy atom. The summed E-state index contributed by atoms with van der Waals surface area (Å²) in [5.41, 5.74) is -0.885. The maximum Gasteiger partial charge on any atom is 0.434 e. The molecular formula is C16H18F3IN4O3S. The van der Waals surface area contributed by atoms with Crippen LogP contribution >= 0.6 is 35.3 Å². The van der Waals surface area contributed by atoms with Crippen LogP contribution in [0, 0.1) is 0 Å². The van der Waals surface area contributed by atoms with E-state index in [-0.39, 0.29) is 37.3 Å². The van der Waals surface area contributed by atoms with Gasteiger partial charge in [0.15, 0.2) is 23.2 Å². The Balaban J connectivity index is 0.00000280.